The molecule has 5 rings (SSSR count). The Balaban J connectivity index is 1.49. The summed E-state index contributed by atoms with van der Waals surface area (Å²) in [6, 6.07) is 6.95. The van der Waals surface area contributed by atoms with Gasteiger partial charge in [0.05, 0.1) is 18.4 Å². The number of nitrogens with one attached hydrogen (secondary N) is 2. The minimum Gasteiger partial charge on any atom is -0.453 e. The molecular weight excluding hydrogens is 427 g/mol. The molecule has 1 aliphatic heterocycles. The molecule has 2 atom stereocenters. The third-order valence-electron chi connectivity index (χ3n) is 5.61. The van der Waals surface area contributed by atoms with E-state index in [4.69, 9.17) is 9.15 Å². The zero-order valence-electron chi connectivity index (χ0n) is 18.4. The van der Waals surface area contributed by atoms with Crippen LogP contribution in [0.2, 0.25) is 0 Å². The average Bonchev–Trinajstić information content (AvgIpc) is 3.21. The van der Waals surface area contributed by atoms with Gasteiger partial charge in [0, 0.05) is 49.3 Å². The summed E-state index contributed by atoms with van der Waals surface area (Å²) in [4.78, 5) is 28.3. The van der Waals surface area contributed by atoms with Gasteiger partial charge in [-0.15, -0.1) is 0 Å². The number of oxazole rings is 1. The van der Waals surface area contributed by atoms with Crippen LogP contribution in [0.25, 0.3) is 22.1 Å². The Hall–Kier alpha value is -3.79. The van der Waals surface area contributed by atoms with E-state index in [2.05, 4.69) is 44.3 Å². The normalized spacial score (nSPS) is 18.6. The summed E-state index contributed by atoms with van der Waals surface area (Å²) in [6.45, 7) is 5.92. The highest BCUT2D eigenvalue weighted by atomic mass is 19.1. The molecule has 2 aromatic heterocycles. The second-order valence-corrected chi connectivity index (χ2v) is 8.20. The van der Waals surface area contributed by atoms with Crippen molar-refractivity contribution in [2.75, 3.05) is 30.4 Å². The van der Waals surface area contributed by atoms with Crippen molar-refractivity contribution < 1.29 is 18.3 Å². The van der Waals surface area contributed by atoms with Crippen LogP contribution < -0.4 is 20.3 Å². The summed E-state index contributed by atoms with van der Waals surface area (Å²) in [5, 5.41) is 6.24. The molecule has 3 heterocycles. The van der Waals surface area contributed by atoms with E-state index in [-0.39, 0.29) is 22.9 Å². The van der Waals surface area contributed by atoms with Crippen LogP contribution >= 0.6 is 0 Å². The Bertz CT molecular complexity index is 1350. The van der Waals surface area contributed by atoms with E-state index < -0.39 is 11.7 Å². The number of hydrogen-bond acceptors (Lipinski definition) is 8. The molecule has 2 N–H and O–H groups in total. The highest BCUT2D eigenvalue weighted by molar-refractivity contribution is 6.13. The fourth-order valence-corrected chi connectivity index (χ4v) is 4.33. The monoisotopic (exact) mass is 450 g/mol. The summed E-state index contributed by atoms with van der Waals surface area (Å²) in [5.74, 6) is -1.06. The molecule has 0 saturated carbocycles. The lowest BCUT2D eigenvalue weighted by Crippen LogP contribution is -2.54. The predicted octanol–water partition coefficient (Wildman–Crippen LogP) is 3.36. The van der Waals surface area contributed by atoms with Crippen LogP contribution in [0.15, 0.2) is 41.1 Å². The molecule has 10 heteroatoms. The summed E-state index contributed by atoms with van der Waals surface area (Å²) in [7, 11) is 1.38. The molecule has 1 amide bonds. The van der Waals surface area contributed by atoms with E-state index in [1.165, 1.54) is 19.2 Å². The molecule has 0 bridgehead atoms. The van der Waals surface area contributed by atoms with Crippen LogP contribution in [-0.2, 0) is 0 Å². The van der Waals surface area contributed by atoms with Crippen LogP contribution in [0, 0.1) is 5.82 Å². The summed E-state index contributed by atoms with van der Waals surface area (Å²) in [5.41, 5.74) is 2.83. The lowest BCUT2D eigenvalue weighted by molar-refractivity contribution is 0.102. The van der Waals surface area contributed by atoms with Crippen molar-refractivity contribution in [1.82, 2.24) is 20.3 Å². The first-order valence-corrected chi connectivity index (χ1v) is 10.6. The Labute approximate surface area is 189 Å². The quantitative estimate of drug-likeness (QED) is 0.488. The van der Waals surface area contributed by atoms with Gasteiger partial charge in [0.15, 0.2) is 11.4 Å². The van der Waals surface area contributed by atoms with Gasteiger partial charge in [-0.3, -0.25) is 14.8 Å². The fourth-order valence-electron chi connectivity index (χ4n) is 4.33. The largest absolute Gasteiger partial charge is 0.453 e. The van der Waals surface area contributed by atoms with E-state index in [1.807, 2.05) is 6.07 Å². The summed E-state index contributed by atoms with van der Waals surface area (Å²) < 4.78 is 24.7. The smallest absolute Gasteiger partial charge is 0.394 e. The Morgan fingerprint density at radius 2 is 1.88 bits per heavy atom. The number of ether oxygens (including phenoxy) is 1. The molecule has 33 heavy (non-hydrogen) atoms. The van der Waals surface area contributed by atoms with Crippen LogP contribution in [0.5, 0.6) is 6.08 Å². The molecule has 4 aromatic rings. The first kappa shape index (κ1) is 21.1. The summed E-state index contributed by atoms with van der Waals surface area (Å²) in [6.07, 6.45) is 3.11. The molecule has 1 aliphatic rings. The Morgan fingerprint density at radius 3 is 2.61 bits per heavy atom. The second kappa shape index (κ2) is 8.28. The number of nitrogens with zero attached hydrogens (tertiary/aromatic N) is 4. The number of methoxy groups -OCH3 is 1. The zero-order chi connectivity index (χ0) is 23.1. The second-order valence-electron chi connectivity index (χ2n) is 8.20. The van der Waals surface area contributed by atoms with Gasteiger partial charge in [-0.25, -0.2) is 4.39 Å². The first-order chi connectivity index (χ1) is 15.9. The van der Waals surface area contributed by atoms with Gasteiger partial charge in [-0.1, -0.05) is 0 Å². The number of fused-ring (bicyclic) bond motifs is 2. The Morgan fingerprint density at radius 1 is 1.15 bits per heavy atom. The van der Waals surface area contributed by atoms with Crippen molar-refractivity contribution in [2.24, 2.45) is 0 Å². The number of piperazine rings is 1. The number of hydrogen-bond donors (Lipinski definition) is 2. The molecule has 0 radical (unpaired) electrons. The van der Waals surface area contributed by atoms with Crippen molar-refractivity contribution in [3.8, 4) is 6.08 Å². The van der Waals surface area contributed by atoms with Gasteiger partial charge in [0.25, 0.3) is 5.91 Å². The van der Waals surface area contributed by atoms with E-state index in [0.29, 0.717) is 28.7 Å². The highest BCUT2D eigenvalue weighted by Gasteiger charge is 2.25. The van der Waals surface area contributed by atoms with Gasteiger partial charge in [0.1, 0.15) is 16.6 Å². The number of carbonyl (C=O) groups is 1. The van der Waals surface area contributed by atoms with Gasteiger partial charge in [-0.05, 0) is 32.0 Å². The minimum absolute atomic E-state index is 0.0324. The van der Waals surface area contributed by atoms with Crippen LogP contribution in [0.4, 0.5) is 15.8 Å². The maximum absolute atomic E-state index is 14.5. The minimum atomic E-state index is -0.628. The van der Waals surface area contributed by atoms with Crippen molar-refractivity contribution in [3.05, 3.63) is 48.0 Å². The van der Waals surface area contributed by atoms with E-state index in [1.54, 1.807) is 18.5 Å². The number of benzene rings is 2. The third kappa shape index (κ3) is 3.93. The van der Waals surface area contributed by atoms with E-state index in [0.717, 1.165) is 18.8 Å². The SMILES string of the molecule is COc1nc2c(F)cc(NC(=O)c3ccc(N4C[C@@H](C)N[C@@H](C)C4)c4nccnc34)cc2o1. The van der Waals surface area contributed by atoms with Crippen molar-refractivity contribution in [2.45, 2.75) is 25.9 Å². The van der Waals surface area contributed by atoms with E-state index >= 15 is 0 Å². The first-order valence-electron chi connectivity index (χ1n) is 10.6. The fraction of sp³-hybridized carbons (Fsp3) is 0.304. The van der Waals surface area contributed by atoms with Crippen LogP contribution in [0.1, 0.15) is 24.2 Å². The van der Waals surface area contributed by atoms with Gasteiger partial charge >= 0.3 is 6.08 Å². The number of halogens is 1. The standard InChI is InChI=1S/C23H23FN6O3/c1-12-10-30(11-13(2)27-12)17-5-4-15(19-21(17)26-7-6-25-19)22(31)28-14-8-16(24)20-18(9-14)33-23(29-20)32-3/h4-9,12-13,27H,10-11H2,1-3H3,(H,28,31)/t12-,13+. The number of amides is 1. The molecule has 0 unspecified atom stereocenters. The summed E-state index contributed by atoms with van der Waals surface area (Å²) >= 11 is 0. The highest BCUT2D eigenvalue weighted by Crippen LogP contribution is 2.30. The number of carbonyl (C=O) groups excluding carboxylic acids is 1. The lowest BCUT2D eigenvalue weighted by Gasteiger charge is -2.38. The maximum Gasteiger partial charge on any atom is 0.394 e. The number of anilines is 2. The van der Waals surface area contributed by atoms with Crippen LogP contribution in [0.3, 0.4) is 0 Å². The molecule has 0 spiro atoms. The van der Waals surface area contributed by atoms with Crippen LogP contribution in [-0.4, -0.2) is 53.1 Å². The molecule has 0 aliphatic carbocycles. The Kier molecular flexibility index (Phi) is 5.29. The molecule has 9 nitrogen and oxygen atoms in total. The van der Waals surface area contributed by atoms with Gasteiger partial charge in [-0.2, -0.15) is 4.98 Å². The number of rotatable bonds is 4. The van der Waals surface area contributed by atoms with Crippen molar-refractivity contribution >= 4 is 39.4 Å². The molecular formula is C23H23FN6O3. The molecule has 170 valence electrons. The molecule has 2 aromatic carbocycles. The topological polar surface area (TPSA) is 105 Å². The van der Waals surface area contributed by atoms with Crippen molar-refractivity contribution in [1.29, 1.82) is 0 Å². The average molecular weight is 450 g/mol. The number of aromatic nitrogens is 3. The maximum atomic E-state index is 14.5. The van der Waals surface area contributed by atoms with E-state index in [9.17, 15) is 9.18 Å². The molecule has 1 fully saturated rings. The van der Waals surface area contributed by atoms with Crippen molar-refractivity contribution in [3.63, 3.8) is 0 Å². The zero-order valence-corrected chi connectivity index (χ0v) is 18.4. The van der Waals surface area contributed by atoms with Gasteiger partial charge < -0.3 is 24.7 Å². The predicted molar refractivity (Wildman–Crippen MR) is 122 cm³/mol. The lowest BCUT2D eigenvalue weighted by atomic mass is 10.1. The molecule has 1 saturated heterocycles. The van der Waals surface area contributed by atoms with Gasteiger partial charge in [0.2, 0.25) is 0 Å². The third-order valence-corrected chi connectivity index (χ3v) is 5.61.